The van der Waals surface area contributed by atoms with E-state index >= 15 is 8.78 Å². The molecule has 0 unspecified atom stereocenters. The molecule has 1 saturated heterocycles. The summed E-state index contributed by atoms with van der Waals surface area (Å²) in [6, 6.07) is 12.0. The second-order valence-corrected chi connectivity index (χ2v) is 10.6. The third-order valence-corrected chi connectivity index (χ3v) is 8.27. The fraction of sp³-hybridized carbons (Fsp3) is 0.233. The van der Waals surface area contributed by atoms with Gasteiger partial charge in [-0.25, -0.2) is 13.8 Å². The first-order valence-electron chi connectivity index (χ1n) is 13.1. The maximum Gasteiger partial charge on any atom is 0.249 e. The summed E-state index contributed by atoms with van der Waals surface area (Å²) in [6.07, 6.45) is 4.84. The molecule has 0 aliphatic carbocycles. The van der Waals surface area contributed by atoms with Gasteiger partial charge in [-0.2, -0.15) is 0 Å². The van der Waals surface area contributed by atoms with Gasteiger partial charge < -0.3 is 25.3 Å². The number of aromatic nitrogens is 2. The number of amides is 1. The van der Waals surface area contributed by atoms with E-state index in [1.54, 1.807) is 0 Å². The highest BCUT2D eigenvalue weighted by molar-refractivity contribution is 6.34. The lowest BCUT2D eigenvalue weighted by molar-refractivity contribution is 0.0539. The van der Waals surface area contributed by atoms with E-state index in [-0.39, 0.29) is 63.9 Å². The lowest BCUT2D eigenvalue weighted by Gasteiger charge is -2.35. The minimum Gasteiger partial charge on any atom is -0.483 e. The molecule has 41 heavy (non-hydrogen) atoms. The van der Waals surface area contributed by atoms with Gasteiger partial charge in [-0.3, -0.25) is 9.78 Å². The molecule has 8 nitrogen and oxygen atoms in total. The third kappa shape index (κ3) is 4.00. The van der Waals surface area contributed by atoms with Crippen LogP contribution in [0.1, 0.15) is 40.0 Å². The van der Waals surface area contributed by atoms with E-state index in [4.69, 9.17) is 31.5 Å². The van der Waals surface area contributed by atoms with E-state index < -0.39 is 23.1 Å². The van der Waals surface area contributed by atoms with Crippen LogP contribution in [0.3, 0.4) is 0 Å². The van der Waals surface area contributed by atoms with Crippen molar-refractivity contribution in [1.29, 1.82) is 0 Å². The first-order valence-corrected chi connectivity index (χ1v) is 13.5. The Hall–Kier alpha value is -4.28. The molecular formula is C30H23ClF2N4O4. The van der Waals surface area contributed by atoms with E-state index in [1.165, 1.54) is 24.5 Å². The molecule has 1 amide bonds. The Morgan fingerprint density at radius 2 is 1.90 bits per heavy atom. The highest BCUT2D eigenvalue weighted by Crippen LogP contribution is 2.54. The quantitative estimate of drug-likeness (QED) is 0.333. The topological polar surface area (TPSA) is 109 Å². The number of ether oxygens (including phenoxy) is 3. The molecule has 208 valence electrons. The number of hydrogen-bond acceptors (Lipinski definition) is 7. The van der Waals surface area contributed by atoms with Crippen molar-refractivity contribution in [1.82, 2.24) is 15.3 Å². The summed E-state index contributed by atoms with van der Waals surface area (Å²) in [4.78, 5) is 21.0. The first-order chi connectivity index (χ1) is 19.9. The first kappa shape index (κ1) is 25.7. The molecular weight excluding hydrogens is 554 g/mol. The number of primary amides is 1. The van der Waals surface area contributed by atoms with Gasteiger partial charge in [0.25, 0.3) is 0 Å². The van der Waals surface area contributed by atoms with Crippen LogP contribution in [-0.4, -0.2) is 28.5 Å². The summed E-state index contributed by atoms with van der Waals surface area (Å²) in [5.74, 6) is -2.96. The van der Waals surface area contributed by atoms with E-state index in [2.05, 4.69) is 15.3 Å². The Balaban J connectivity index is 1.46. The average Bonchev–Trinajstić information content (AvgIpc) is 3.61. The second-order valence-electron chi connectivity index (χ2n) is 10.2. The van der Waals surface area contributed by atoms with Crippen LogP contribution in [0.15, 0.2) is 54.9 Å². The van der Waals surface area contributed by atoms with Crippen LogP contribution in [0.2, 0.25) is 5.02 Å². The highest BCUT2D eigenvalue weighted by Gasteiger charge is 2.50. The van der Waals surface area contributed by atoms with Crippen LogP contribution in [0.5, 0.6) is 23.1 Å². The van der Waals surface area contributed by atoms with Crippen LogP contribution in [0, 0.1) is 11.6 Å². The number of nitrogens with one attached hydrogen (secondary N) is 1. The number of hydrogen-bond donors (Lipinski definition) is 2. The lowest BCUT2D eigenvalue weighted by Crippen LogP contribution is -2.48. The summed E-state index contributed by atoms with van der Waals surface area (Å²) in [6.45, 7) is 0.721. The van der Waals surface area contributed by atoms with Crippen molar-refractivity contribution in [2.75, 3.05) is 6.54 Å². The van der Waals surface area contributed by atoms with Crippen molar-refractivity contribution < 1.29 is 27.8 Å². The summed E-state index contributed by atoms with van der Waals surface area (Å²) in [7, 11) is 0. The number of nitrogens with zero attached hydrogens (tertiary/aromatic N) is 2. The highest BCUT2D eigenvalue weighted by atomic mass is 35.5. The van der Waals surface area contributed by atoms with Crippen molar-refractivity contribution in [2.45, 2.75) is 37.5 Å². The number of halogens is 3. The molecule has 1 aromatic heterocycles. The zero-order valence-electron chi connectivity index (χ0n) is 21.5. The molecule has 0 spiro atoms. The summed E-state index contributed by atoms with van der Waals surface area (Å²) < 4.78 is 50.3. The van der Waals surface area contributed by atoms with E-state index in [9.17, 15) is 4.79 Å². The maximum atomic E-state index is 16.6. The molecule has 0 saturated carbocycles. The molecule has 1 fully saturated rings. The summed E-state index contributed by atoms with van der Waals surface area (Å²) in [5.41, 5.74) is 5.91. The number of carbonyl (C=O) groups excluding carboxylic acids is 1. The molecule has 2 atom stereocenters. The third-order valence-electron chi connectivity index (χ3n) is 7.90. The van der Waals surface area contributed by atoms with Crippen molar-refractivity contribution >= 4 is 17.5 Å². The van der Waals surface area contributed by atoms with Crippen molar-refractivity contribution in [3.63, 3.8) is 0 Å². The molecule has 11 heteroatoms. The molecule has 4 aromatic rings. The number of benzene rings is 3. The second kappa shape index (κ2) is 9.67. The minimum absolute atomic E-state index is 0.0289. The molecule has 3 aliphatic heterocycles. The van der Waals surface area contributed by atoms with E-state index in [1.807, 2.05) is 30.3 Å². The van der Waals surface area contributed by atoms with Crippen LogP contribution in [0.4, 0.5) is 8.78 Å². The van der Waals surface area contributed by atoms with Gasteiger partial charge in [0.2, 0.25) is 17.5 Å². The van der Waals surface area contributed by atoms with Gasteiger partial charge in [0, 0.05) is 41.6 Å². The summed E-state index contributed by atoms with van der Waals surface area (Å²) >= 11 is 6.60. The number of fused-ring (bicyclic) bond motifs is 3. The van der Waals surface area contributed by atoms with Gasteiger partial charge >= 0.3 is 0 Å². The zero-order chi connectivity index (χ0) is 28.3. The predicted molar refractivity (Wildman–Crippen MR) is 145 cm³/mol. The smallest absolute Gasteiger partial charge is 0.249 e. The summed E-state index contributed by atoms with van der Waals surface area (Å²) in [5, 5.41) is 3.14. The fourth-order valence-electron chi connectivity index (χ4n) is 6.05. The maximum absolute atomic E-state index is 16.6. The predicted octanol–water partition coefficient (Wildman–Crippen LogP) is 5.44. The molecule has 3 N–H and O–H groups in total. The van der Waals surface area contributed by atoms with E-state index in [0.29, 0.717) is 11.3 Å². The lowest BCUT2D eigenvalue weighted by atomic mass is 9.80. The van der Waals surface area contributed by atoms with Crippen LogP contribution in [0.25, 0.3) is 11.1 Å². The van der Waals surface area contributed by atoms with E-state index in [0.717, 1.165) is 24.9 Å². The van der Waals surface area contributed by atoms with Gasteiger partial charge in [0.1, 0.15) is 23.9 Å². The molecule has 0 radical (unpaired) electrons. The van der Waals surface area contributed by atoms with Crippen molar-refractivity contribution in [3.05, 3.63) is 93.9 Å². The van der Waals surface area contributed by atoms with Crippen LogP contribution < -0.4 is 25.3 Å². The molecule has 3 aliphatic rings. The Morgan fingerprint density at radius 1 is 1.10 bits per heavy atom. The van der Waals surface area contributed by atoms with Crippen molar-refractivity contribution in [2.24, 2.45) is 5.73 Å². The normalized spacial score (nSPS) is 20.6. The van der Waals surface area contributed by atoms with Crippen molar-refractivity contribution in [3.8, 4) is 34.3 Å². The Bertz CT molecular complexity index is 1720. The number of nitrogens with two attached hydrogens (primary N) is 1. The van der Waals surface area contributed by atoms with Gasteiger partial charge in [0.15, 0.2) is 17.2 Å². The zero-order valence-corrected chi connectivity index (χ0v) is 22.3. The SMILES string of the molecule is NC(=O)c1cc2c(c(F)c1-c1c(Cl)c(F)cc3c1C[C@](c1ccccc1)([C@@H]1CCCN1)O3)Oc1nccnc1CO2. The Labute approximate surface area is 238 Å². The fourth-order valence-corrected chi connectivity index (χ4v) is 6.32. The molecule has 3 aromatic carbocycles. The van der Waals surface area contributed by atoms with Gasteiger partial charge in [-0.1, -0.05) is 41.9 Å². The Morgan fingerprint density at radius 3 is 2.66 bits per heavy atom. The Kier molecular flexibility index (Phi) is 6.06. The average molecular weight is 577 g/mol. The molecule has 4 heterocycles. The van der Waals surface area contributed by atoms with Crippen LogP contribution in [-0.2, 0) is 18.6 Å². The minimum atomic E-state index is -0.999. The monoisotopic (exact) mass is 576 g/mol. The standard InChI is InChI=1S/C30H23ClF2N4O4/c31-25-18(32)12-20-17(13-30(41-20,22-7-4-8-36-22)15-5-2-1-3-6-15)23(25)24-16(28(34)38)11-21-27(26(24)33)40-29-19(14-39-21)35-9-10-37-29/h1-3,5-6,9-12,22,36H,4,7-8,13-14H2,(H2,34,38)/t22-,30-/m0/s1. The largest absolute Gasteiger partial charge is 0.483 e. The van der Waals surface area contributed by atoms with Gasteiger partial charge in [-0.15, -0.1) is 0 Å². The van der Waals surface area contributed by atoms with Gasteiger partial charge in [-0.05, 0) is 31.0 Å². The molecule has 7 rings (SSSR count). The van der Waals surface area contributed by atoms with Gasteiger partial charge in [0.05, 0.1) is 16.6 Å². The molecule has 0 bridgehead atoms. The van der Waals surface area contributed by atoms with Crippen LogP contribution >= 0.6 is 11.6 Å². The number of carbonyl (C=O) groups is 1. The number of rotatable bonds is 4.